The van der Waals surface area contributed by atoms with E-state index in [4.69, 9.17) is 0 Å². The summed E-state index contributed by atoms with van der Waals surface area (Å²) in [5.74, 6) is -2.56. The average molecular weight is 474 g/mol. The predicted octanol–water partition coefficient (Wildman–Crippen LogP) is 3.80. The van der Waals surface area contributed by atoms with E-state index in [1.807, 2.05) is 0 Å². The molecule has 3 rings (SSSR count). The Kier molecular flexibility index (Phi) is 6.43. The van der Waals surface area contributed by atoms with Crippen molar-refractivity contribution in [2.45, 2.75) is 19.8 Å². The zero-order chi connectivity index (χ0) is 23.7. The van der Waals surface area contributed by atoms with Crippen LogP contribution in [0, 0.1) is 6.92 Å². The first-order valence-corrected chi connectivity index (χ1v) is 9.48. The van der Waals surface area contributed by atoms with Crippen LogP contribution in [-0.2, 0) is 9.47 Å². The molecule has 0 aromatic carbocycles. The van der Waals surface area contributed by atoms with Gasteiger partial charge >= 0.3 is 11.9 Å². The fourth-order valence-electron chi connectivity index (χ4n) is 2.80. The number of methoxy groups -OCH3 is 2. The molecule has 1 amide bonds. The standard InChI is InChI=1S/C18H14F4N4O5S/c1-6-11(17(28)30-2)16(32-12(6)18(29)31-3)24-15(27)8-5-10-23-7(13(19)20)4-9(14(21)22)26(10)25-8/h4-5,13-14H,1-3H3,(H,24,27). The van der Waals surface area contributed by atoms with E-state index in [0.29, 0.717) is 10.6 Å². The van der Waals surface area contributed by atoms with Crippen LogP contribution in [0.15, 0.2) is 12.1 Å². The van der Waals surface area contributed by atoms with Gasteiger partial charge in [-0.1, -0.05) is 0 Å². The van der Waals surface area contributed by atoms with Gasteiger partial charge in [-0.05, 0) is 18.6 Å². The second kappa shape index (κ2) is 8.90. The van der Waals surface area contributed by atoms with Crippen LogP contribution < -0.4 is 5.32 Å². The molecule has 0 unspecified atom stereocenters. The number of rotatable bonds is 6. The number of hydrogen-bond acceptors (Lipinski definition) is 8. The third-order valence-corrected chi connectivity index (χ3v) is 5.48. The summed E-state index contributed by atoms with van der Waals surface area (Å²) in [6.45, 7) is 1.44. The van der Waals surface area contributed by atoms with Gasteiger partial charge in [-0.2, -0.15) is 5.10 Å². The number of aromatic nitrogens is 3. The van der Waals surface area contributed by atoms with Crippen molar-refractivity contribution in [1.82, 2.24) is 14.6 Å². The Balaban J connectivity index is 2.05. The van der Waals surface area contributed by atoms with Crippen LogP contribution in [0.3, 0.4) is 0 Å². The van der Waals surface area contributed by atoms with E-state index in [1.54, 1.807) is 0 Å². The number of ether oxygens (including phenoxy) is 2. The minimum Gasteiger partial charge on any atom is -0.465 e. The number of thiophene rings is 1. The molecule has 32 heavy (non-hydrogen) atoms. The number of amides is 1. The van der Waals surface area contributed by atoms with Gasteiger partial charge in [-0.25, -0.2) is 36.7 Å². The van der Waals surface area contributed by atoms with Crippen LogP contribution in [0.2, 0.25) is 0 Å². The third-order valence-electron chi connectivity index (χ3n) is 4.29. The van der Waals surface area contributed by atoms with Crippen LogP contribution in [0.4, 0.5) is 22.6 Å². The maximum Gasteiger partial charge on any atom is 0.348 e. The van der Waals surface area contributed by atoms with Gasteiger partial charge in [0.1, 0.15) is 21.3 Å². The van der Waals surface area contributed by atoms with Crippen molar-refractivity contribution in [3.05, 3.63) is 45.2 Å². The van der Waals surface area contributed by atoms with Crippen LogP contribution in [0.25, 0.3) is 5.65 Å². The number of nitrogens with one attached hydrogen (secondary N) is 1. The molecule has 0 aliphatic carbocycles. The Bertz CT molecular complexity index is 1220. The summed E-state index contributed by atoms with van der Waals surface area (Å²) < 4.78 is 62.5. The van der Waals surface area contributed by atoms with Crippen molar-refractivity contribution in [3.63, 3.8) is 0 Å². The van der Waals surface area contributed by atoms with Crippen molar-refractivity contribution in [1.29, 1.82) is 0 Å². The predicted molar refractivity (Wildman–Crippen MR) is 103 cm³/mol. The zero-order valence-electron chi connectivity index (χ0n) is 16.6. The molecular formula is C18H14F4N4O5S. The molecular weight excluding hydrogens is 460 g/mol. The van der Waals surface area contributed by atoms with Crippen LogP contribution >= 0.6 is 11.3 Å². The average Bonchev–Trinajstić information content (AvgIpc) is 3.32. The molecule has 0 saturated heterocycles. The second-order valence-electron chi connectivity index (χ2n) is 6.20. The highest BCUT2D eigenvalue weighted by Crippen LogP contribution is 2.34. The summed E-state index contributed by atoms with van der Waals surface area (Å²) in [5, 5.41) is 6.00. The second-order valence-corrected chi connectivity index (χ2v) is 7.23. The highest BCUT2D eigenvalue weighted by Gasteiger charge is 2.28. The molecule has 3 aromatic rings. The van der Waals surface area contributed by atoms with Crippen LogP contribution in [-0.4, -0.2) is 46.7 Å². The molecule has 0 aliphatic heterocycles. The summed E-state index contributed by atoms with van der Waals surface area (Å²) >= 11 is 0.730. The Labute approximate surface area is 180 Å². The number of hydrogen-bond donors (Lipinski definition) is 1. The van der Waals surface area contributed by atoms with Crippen molar-refractivity contribution in [2.24, 2.45) is 0 Å². The van der Waals surface area contributed by atoms with E-state index in [1.165, 1.54) is 6.92 Å². The summed E-state index contributed by atoms with van der Waals surface area (Å²) in [7, 11) is 2.23. The number of carbonyl (C=O) groups is 3. The largest absolute Gasteiger partial charge is 0.465 e. The highest BCUT2D eigenvalue weighted by atomic mass is 32.1. The summed E-state index contributed by atoms with van der Waals surface area (Å²) in [5.41, 5.74) is -2.52. The number of halogens is 4. The van der Waals surface area contributed by atoms with E-state index in [9.17, 15) is 31.9 Å². The maximum atomic E-state index is 13.3. The molecule has 14 heteroatoms. The lowest BCUT2D eigenvalue weighted by Gasteiger charge is -2.06. The van der Waals surface area contributed by atoms with E-state index >= 15 is 0 Å². The molecule has 170 valence electrons. The Hall–Kier alpha value is -3.55. The fraction of sp³-hybridized carbons (Fsp3) is 0.278. The molecule has 9 nitrogen and oxygen atoms in total. The maximum absolute atomic E-state index is 13.3. The van der Waals surface area contributed by atoms with Gasteiger partial charge in [0.2, 0.25) is 0 Å². The summed E-state index contributed by atoms with van der Waals surface area (Å²) in [4.78, 5) is 40.4. The van der Waals surface area contributed by atoms with E-state index < -0.39 is 53.4 Å². The Morgan fingerprint density at radius 2 is 1.72 bits per heavy atom. The first kappa shape index (κ1) is 23.1. The molecule has 3 aromatic heterocycles. The lowest BCUT2D eigenvalue weighted by molar-refractivity contribution is 0.0601. The summed E-state index contributed by atoms with van der Waals surface area (Å²) in [6.07, 6.45) is -6.28. The van der Waals surface area contributed by atoms with Gasteiger partial charge in [0, 0.05) is 6.07 Å². The summed E-state index contributed by atoms with van der Waals surface area (Å²) in [6, 6.07) is 1.43. The monoisotopic (exact) mass is 474 g/mol. The quantitative estimate of drug-likeness (QED) is 0.427. The molecule has 0 atom stereocenters. The van der Waals surface area contributed by atoms with Gasteiger partial charge in [-0.15, -0.1) is 11.3 Å². The molecule has 0 radical (unpaired) electrons. The number of fused-ring (bicyclic) bond motifs is 1. The van der Waals surface area contributed by atoms with Crippen molar-refractivity contribution in [3.8, 4) is 0 Å². The zero-order valence-corrected chi connectivity index (χ0v) is 17.4. The molecule has 3 heterocycles. The van der Waals surface area contributed by atoms with E-state index in [2.05, 4.69) is 24.9 Å². The first-order chi connectivity index (χ1) is 15.1. The van der Waals surface area contributed by atoms with E-state index in [-0.39, 0.29) is 21.0 Å². The van der Waals surface area contributed by atoms with Crippen molar-refractivity contribution in [2.75, 3.05) is 19.5 Å². The van der Waals surface area contributed by atoms with Gasteiger partial charge in [0.15, 0.2) is 11.3 Å². The van der Waals surface area contributed by atoms with Crippen molar-refractivity contribution < 1.29 is 41.4 Å². The van der Waals surface area contributed by atoms with Gasteiger partial charge in [0.05, 0.1) is 19.8 Å². The molecule has 1 N–H and O–H groups in total. The highest BCUT2D eigenvalue weighted by molar-refractivity contribution is 7.18. The van der Waals surface area contributed by atoms with Crippen molar-refractivity contribution >= 4 is 39.8 Å². The minimum absolute atomic E-state index is 0.0291. The smallest absolute Gasteiger partial charge is 0.348 e. The Morgan fingerprint density at radius 1 is 1.06 bits per heavy atom. The van der Waals surface area contributed by atoms with Crippen LogP contribution in [0.5, 0.6) is 0 Å². The molecule has 0 bridgehead atoms. The lowest BCUT2D eigenvalue weighted by atomic mass is 10.1. The molecule has 0 spiro atoms. The Morgan fingerprint density at radius 3 is 2.28 bits per heavy atom. The van der Waals surface area contributed by atoms with Gasteiger partial charge in [0.25, 0.3) is 18.8 Å². The number of anilines is 1. The normalized spacial score (nSPS) is 11.3. The third kappa shape index (κ3) is 4.12. The molecule has 0 fully saturated rings. The number of alkyl halides is 4. The number of nitrogens with zero attached hydrogens (tertiary/aromatic N) is 3. The SMILES string of the molecule is COC(=O)c1sc(NC(=O)c2cc3nc(C(F)F)cc(C(F)F)n3n2)c(C(=O)OC)c1C. The topological polar surface area (TPSA) is 112 Å². The lowest BCUT2D eigenvalue weighted by Crippen LogP contribution is -2.15. The fourth-order valence-corrected chi connectivity index (χ4v) is 3.91. The number of carbonyl (C=O) groups excluding carboxylic acids is 3. The first-order valence-electron chi connectivity index (χ1n) is 8.67. The number of esters is 2. The van der Waals surface area contributed by atoms with Crippen LogP contribution in [0.1, 0.15) is 60.3 Å². The van der Waals surface area contributed by atoms with Gasteiger partial charge in [-0.3, -0.25) is 4.79 Å². The minimum atomic E-state index is -3.16. The molecule has 0 saturated carbocycles. The van der Waals surface area contributed by atoms with E-state index in [0.717, 1.165) is 31.6 Å². The van der Waals surface area contributed by atoms with Gasteiger partial charge < -0.3 is 14.8 Å². The molecule has 0 aliphatic rings.